The summed E-state index contributed by atoms with van der Waals surface area (Å²) in [6, 6.07) is 4.85. The summed E-state index contributed by atoms with van der Waals surface area (Å²) in [6.07, 6.45) is 2.75. The van der Waals surface area contributed by atoms with Crippen molar-refractivity contribution in [3.05, 3.63) is 23.8 Å². The van der Waals surface area contributed by atoms with Crippen molar-refractivity contribution in [1.29, 1.82) is 0 Å². The van der Waals surface area contributed by atoms with Gasteiger partial charge in [-0.15, -0.1) is 0 Å². The van der Waals surface area contributed by atoms with E-state index in [1.807, 2.05) is 13.8 Å². The van der Waals surface area contributed by atoms with Gasteiger partial charge in [0.25, 0.3) is 0 Å². The van der Waals surface area contributed by atoms with Crippen molar-refractivity contribution >= 4 is 11.9 Å². The van der Waals surface area contributed by atoms with Crippen LogP contribution in [-0.2, 0) is 11.3 Å². The van der Waals surface area contributed by atoms with Crippen LogP contribution in [0, 0.1) is 5.92 Å². The van der Waals surface area contributed by atoms with E-state index in [1.54, 1.807) is 12.1 Å². The van der Waals surface area contributed by atoms with Crippen LogP contribution in [0.25, 0.3) is 0 Å². The Morgan fingerprint density at radius 3 is 2.62 bits per heavy atom. The van der Waals surface area contributed by atoms with Gasteiger partial charge in [-0.1, -0.05) is 6.92 Å². The summed E-state index contributed by atoms with van der Waals surface area (Å²) in [5.41, 5.74) is 0.522. The molecule has 1 aliphatic rings. The van der Waals surface area contributed by atoms with Crippen molar-refractivity contribution in [1.82, 2.24) is 16.0 Å². The van der Waals surface area contributed by atoms with Gasteiger partial charge in [0.2, 0.25) is 5.91 Å². The summed E-state index contributed by atoms with van der Waals surface area (Å²) < 4.78 is 35.7. The fourth-order valence-corrected chi connectivity index (χ4v) is 2.54. The normalized spacial score (nSPS) is 13.9. The first-order chi connectivity index (χ1) is 14.0. The molecule has 0 unspecified atom stereocenters. The monoisotopic (exact) mass is 412 g/mol. The molecule has 7 nitrogen and oxygen atoms in total. The highest BCUT2D eigenvalue weighted by atomic mass is 19.3. The average molecular weight is 412 g/mol. The lowest BCUT2D eigenvalue weighted by Gasteiger charge is -2.14. The van der Waals surface area contributed by atoms with E-state index in [4.69, 9.17) is 4.74 Å². The highest BCUT2D eigenvalue weighted by molar-refractivity contribution is 5.81. The molecular formula is C20H30F2N4O3. The summed E-state index contributed by atoms with van der Waals surface area (Å²) in [5, 5.41) is 9.07. The number of hydrogen-bond donors (Lipinski definition) is 3. The molecule has 0 bridgehead atoms. The lowest BCUT2D eigenvalue weighted by atomic mass is 10.2. The van der Waals surface area contributed by atoms with Gasteiger partial charge in [-0.3, -0.25) is 4.79 Å². The number of carbonyl (C=O) groups excluding carboxylic acids is 1. The predicted molar refractivity (Wildman–Crippen MR) is 107 cm³/mol. The third-order valence-corrected chi connectivity index (χ3v) is 4.14. The molecule has 1 aromatic rings. The van der Waals surface area contributed by atoms with E-state index < -0.39 is 6.61 Å². The summed E-state index contributed by atoms with van der Waals surface area (Å²) in [5.74, 6) is 1.32. The molecular weight excluding hydrogens is 382 g/mol. The van der Waals surface area contributed by atoms with Crippen LogP contribution in [-0.4, -0.2) is 44.7 Å². The zero-order chi connectivity index (χ0) is 21.1. The topological polar surface area (TPSA) is 84.0 Å². The van der Waals surface area contributed by atoms with E-state index in [-0.39, 0.29) is 24.1 Å². The maximum absolute atomic E-state index is 12.8. The number of rotatable bonds is 12. The zero-order valence-corrected chi connectivity index (χ0v) is 17.0. The van der Waals surface area contributed by atoms with Gasteiger partial charge >= 0.3 is 6.61 Å². The van der Waals surface area contributed by atoms with Gasteiger partial charge in [-0.05, 0) is 38.3 Å². The molecule has 0 saturated heterocycles. The van der Waals surface area contributed by atoms with Crippen molar-refractivity contribution in [2.75, 3.05) is 26.2 Å². The van der Waals surface area contributed by atoms with E-state index in [1.165, 1.54) is 6.07 Å². The van der Waals surface area contributed by atoms with Crippen LogP contribution in [0.15, 0.2) is 23.2 Å². The Kier molecular flexibility index (Phi) is 9.46. The Bertz CT molecular complexity index is 682. The number of alkyl halides is 2. The van der Waals surface area contributed by atoms with Crippen molar-refractivity contribution in [3.8, 4) is 11.5 Å². The number of benzene rings is 1. The second kappa shape index (κ2) is 12.1. The molecule has 0 atom stereocenters. The molecule has 9 heteroatoms. The highest BCUT2D eigenvalue weighted by Crippen LogP contribution is 2.28. The molecule has 0 radical (unpaired) electrons. The molecule has 3 N–H and O–H groups in total. The van der Waals surface area contributed by atoms with Gasteiger partial charge in [0, 0.05) is 37.2 Å². The van der Waals surface area contributed by atoms with Gasteiger partial charge < -0.3 is 25.4 Å². The maximum Gasteiger partial charge on any atom is 0.387 e. The Morgan fingerprint density at radius 1 is 1.21 bits per heavy atom. The highest BCUT2D eigenvalue weighted by Gasteiger charge is 2.28. The standard InChI is InChI=1S/C20H30F2N4O3/c1-3-11-28-16-8-7-15(17(12-16)29-19(21)22)13-26-20(23-4-2)25-10-9-24-18(27)14-5-6-14/h7-8,12,14,19H,3-6,9-11,13H2,1-2H3,(H,24,27)(H2,23,25,26). The lowest BCUT2D eigenvalue weighted by molar-refractivity contribution is -0.122. The quantitative estimate of drug-likeness (QED) is 0.279. The molecule has 1 amide bonds. The molecule has 0 aromatic heterocycles. The van der Waals surface area contributed by atoms with Gasteiger partial charge in [0.1, 0.15) is 11.5 Å². The molecule has 1 aliphatic carbocycles. The summed E-state index contributed by atoms with van der Waals surface area (Å²) >= 11 is 0. The van der Waals surface area contributed by atoms with Crippen LogP contribution >= 0.6 is 0 Å². The second-order valence-corrected chi connectivity index (χ2v) is 6.68. The molecule has 0 heterocycles. The van der Waals surface area contributed by atoms with E-state index in [0.29, 0.717) is 43.5 Å². The fourth-order valence-electron chi connectivity index (χ4n) is 2.54. The van der Waals surface area contributed by atoms with Crippen LogP contribution in [0.3, 0.4) is 0 Å². The minimum absolute atomic E-state index is 0.0462. The number of amides is 1. The molecule has 2 rings (SSSR count). The average Bonchev–Trinajstić information content (AvgIpc) is 3.53. The van der Waals surface area contributed by atoms with Gasteiger partial charge in [0.05, 0.1) is 13.2 Å². The van der Waals surface area contributed by atoms with Gasteiger partial charge in [-0.2, -0.15) is 8.78 Å². The minimum Gasteiger partial charge on any atom is -0.493 e. The Balaban J connectivity index is 1.95. The SMILES string of the molecule is CCCOc1ccc(CN=C(NCC)NCCNC(=O)C2CC2)c(OC(F)F)c1. The van der Waals surface area contributed by atoms with Crippen molar-refractivity contribution in [2.24, 2.45) is 10.9 Å². The van der Waals surface area contributed by atoms with Crippen molar-refractivity contribution in [2.45, 2.75) is 46.3 Å². The Morgan fingerprint density at radius 2 is 1.97 bits per heavy atom. The number of hydrogen-bond acceptors (Lipinski definition) is 4. The molecule has 0 spiro atoms. The van der Waals surface area contributed by atoms with Crippen LogP contribution in [0.1, 0.15) is 38.7 Å². The third kappa shape index (κ3) is 8.53. The number of nitrogens with zero attached hydrogens (tertiary/aromatic N) is 1. The van der Waals surface area contributed by atoms with E-state index in [2.05, 4.69) is 25.7 Å². The number of ether oxygens (including phenoxy) is 2. The second-order valence-electron chi connectivity index (χ2n) is 6.68. The minimum atomic E-state index is -2.93. The molecule has 1 saturated carbocycles. The summed E-state index contributed by atoms with van der Waals surface area (Å²) in [6.45, 7) is 3.25. The zero-order valence-electron chi connectivity index (χ0n) is 17.0. The third-order valence-electron chi connectivity index (χ3n) is 4.14. The van der Waals surface area contributed by atoms with Crippen molar-refractivity contribution in [3.63, 3.8) is 0 Å². The van der Waals surface area contributed by atoms with Crippen LogP contribution < -0.4 is 25.4 Å². The summed E-state index contributed by atoms with van der Waals surface area (Å²) in [4.78, 5) is 16.1. The smallest absolute Gasteiger partial charge is 0.387 e. The molecule has 1 fully saturated rings. The number of aliphatic imine (C=N–C) groups is 1. The largest absolute Gasteiger partial charge is 0.493 e. The first kappa shape index (κ1) is 22.7. The first-order valence-electron chi connectivity index (χ1n) is 10.0. The molecule has 29 heavy (non-hydrogen) atoms. The maximum atomic E-state index is 12.8. The molecule has 162 valence electrons. The van der Waals surface area contributed by atoms with Crippen LogP contribution in [0.2, 0.25) is 0 Å². The summed E-state index contributed by atoms with van der Waals surface area (Å²) in [7, 11) is 0. The van der Waals surface area contributed by atoms with Gasteiger partial charge in [0.15, 0.2) is 5.96 Å². The predicted octanol–water partition coefficient (Wildman–Crippen LogP) is 2.66. The van der Waals surface area contributed by atoms with E-state index >= 15 is 0 Å². The molecule has 0 aliphatic heterocycles. The van der Waals surface area contributed by atoms with Crippen LogP contribution in [0.4, 0.5) is 8.78 Å². The van der Waals surface area contributed by atoms with E-state index in [0.717, 1.165) is 19.3 Å². The Hall–Kier alpha value is -2.58. The number of nitrogens with one attached hydrogen (secondary N) is 3. The number of carbonyl (C=O) groups is 1. The first-order valence-corrected chi connectivity index (χ1v) is 10.0. The van der Waals surface area contributed by atoms with Gasteiger partial charge in [-0.25, -0.2) is 4.99 Å². The van der Waals surface area contributed by atoms with Crippen molar-refractivity contribution < 1.29 is 23.0 Å². The Labute approximate surface area is 170 Å². The number of halogens is 2. The fraction of sp³-hybridized carbons (Fsp3) is 0.600. The van der Waals surface area contributed by atoms with Crippen LogP contribution in [0.5, 0.6) is 11.5 Å². The lowest BCUT2D eigenvalue weighted by Crippen LogP contribution is -2.41. The van der Waals surface area contributed by atoms with E-state index in [9.17, 15) is 13.6 Å². The number of guanidine groups is 1. The molecule has 1 aromatic carbocycles.